The number of anilines is 1. The van der Waals surface area contributed by atoms with Crippen molar-refractivity contribution in [2.24, 2.45) is 0 Å². The van der Waals surface area contributed by atoms with Gasteiger partial charge in [-0.05, 0) is 42.7 Å². The van der Waals surface area contributed by atoms with Gasteiger partial charge in [-0.25, -0.2) is 4.39 Å². The number of halogens is 1. The molecule has 156 valence electrons. The van der Waals surface area contributed by atoms with Crippen LogP contribution in [0.25, 0.3) is 10.9 Å². The van der Waals surface area contributed by atoms with Gasteiger partial charge in [-0.2, -0.15) is 0 Å². The highest BCUT2D eigenvalue weighted by atomic mass is 19.1. The highest BCUT2D eigenvalue weighted by Gasteiger charge is 2.22. The molecule has 1 aliphatic rings. The highest BCUT2D eigenvalue weighted by Crippen LogP contribution is 2.22. The molecule has 0 atom stereocenters. The maximum absolute atomic E-state index is 13.3. The number of rotatable bonds is 7. The van der Waals surface area contributed by atoms with Gasteiger partial charge < -0.3 is 10.4 Å². The monoisotopic (exact) mass is 407 g/mol. The lowest BCUT2D eigenvalue weighted by atomic mass is 10.0. The summed E-state index contributed by atoms with van der Waals surface area (Å²) in [5.74, 6) is -0.153. The number of piperidine rings is 1. The molecule has 1 saturated heterocycles. The zero-order valence-electron chi connectivity index (χ0n) is 16.9. The van der Waals surface area contributed by atoms with Gasteiger partial charge >= 0.3 is 0 Å². The van der Waals surface area contributed by atoms with Crippen LogP contribution in [0.1, 0.15) is 24.0 Å². The minimum atomic E-state index is -0.348. The summed E-state index contributed by atoms with van der Waals surface area (Å²) in [5.41, 5.74) is 3.21. The Kier molecular flexibility index (Phi) is 6.35. The fourth-order valence-electron chi connectivity index (χ4n) is 4.12. The number of para-hydroxylation sites is 1. The SMILES string of the molecule is O=C(Cc1cccc2cccnc12)CN1CCC(Nc2ccc(F)cc2CO)CC1. The van der Waals surface area contributed by atoms with Crippen molar-refractivity contribution >= 4 is 22.4 Å². The topological polar surface area (TPSA) is 65.5 Å². The third-order valence-electron chi connectivity index (χ3n) is 5.69. The Hall–Kier alpha value is -2.83. The summed E-state index contributed by atoms with van der Waals surface area (Å²) >= 11 is 0. The van der Waals surface area contributed by atoms with E-state index in [0.29, 0.717) is 18.5 Å². The number of carbonyl (C=O) groups excluding carboxylic acids is 1. The number of likely N-dealkylation sites (tertiary alicyclic amines) is 1. The fraction of sp³-hybridized carbons (Fsp3) is 0.333. The molecule has 0 amide bonds. The van der Waals surface area contributed by atoms with Crippen LogP contribution >= 0.6 is 0 Å². The van der Waals surface area contributed by atoms with Crippen molar-refractivity contribution in [3.05, 3.63) is 71.7 Å². The molecule has 5 nitrogen and oxygen atoms in total. The summed E-state index contributed by atoms with van der Waals surface area (Å²) in [6.07, 6.45) is 3.94. The molecule has 1 aromatic heterocycles. The van der Waals surface area contributed by atoms with E-state index >= 15 is 0 Å². The number of ketones is 1. The van der Waals surface area contributed by atoms with Crippen molar-refractivity contribution in [1.82, 2.24) is 9.88 Å². The summed E-state index contributed by atoms with van der Waals surface area (Å²) < 4.78 is 13.3. The Morgan fingerprint density at radius 2 is 1.93 bits per heavy atom. The van der Waals surface area contributed by atoms with E-state index in [9.17, 15) is 14.3 Å². The van der Waals surface area contributed by atoms with E-state index in [1.807, 2.05) is 30.3 Å². The summed E-state index contributed by atoms with van der Waals surface area (Å²) in [4.78, 5) is 19.3. The standard InChI is InChI=1S/C24H26FN3O2/c25-20-6-7-23(19(13-20)16-29)27-21-8-11-28(12-9-21)15-22(30)14-18-4-1-3-17-5-2-10-26-24(17)18/h1-7,10,13,21,27,29H,8-9,11-12,14-16H2. The first-order chi connectivity index (χ1) is 14.6. The Labute approximate surface area is 175 Å². The second-order valence-electron chi connectivity index (χ2n) is 7.86. The van der Waals surface area contributed by atoms with Crippen molar-refractivity contribution in [3.63, 3.8) is 0 Å². The van der Waals surface area contributed by atoms with Crippen LogP contribution in [-0.2, 0) is 17.8 Å². The van der Waals surface area contributed by atoms with Gasteiger partial charge in [0.25, 0.3) is 0 Å². The number of aliphatic hydroxyl groups excluding tert-OH is 1. The minimum absolute atomic E-state index is 0.195. The van der Waals surface area contributed by atoms with Gasteiger partial charge in [0.1, 0.15) is 5.82 Å². The molecule has 4 rings (SSSR count). The highest BCUT2D eigenvalue weighted by molar-refractivity contribution is 5.89. The molecule has 3 aromatic rings. The predicted octanol–water partition coefficient (Wildman–Crippen LogP) is 3.55. The van der Waals surface area contributed by atoms with Gasteiger partial charge in [-0.1, -0.05) is 24.3 Å². The van der Waals surface area contributed by atoms with Gasteiger partial charge in [0.15, 0.2) is 5.78 Å². The van der Waals surface area contributed by atoms with E-state index in [2.05, 4.69) is 15.2 Å². The summed E-state index contributed by atoms with van der Waals surface area (Å²) in [6, 6.07) is 14.6. The quantitative estimate of drug-likeness (QED) is 0.627. The molecule has 30 heavy (non-hydrogen) atoms. The molecule has 2 N–H and O–H groups in total. The third-order valence-corrected chi connectivity index (χ3v) is 5.69. The van der Waals surface area contributed by atoms with E-state index in [4.69, 9.17) is 0 Å². The fourth-order valence-corrected chi connectivity index (χ4v) is 4.12. The van der Waals surface area contributed by atoms with Gasteiger partial charge in [-0.15, -0.1) is 0 Å². The molecule has 0 spiro atoms. The van der Waals surface area contributed by atoms with Crippen molar-refractivity contribution in [2.75, 3.05) is 25.0 Å². The van der Waals surface area contributed by atoms with Crippen LogP contribution in [0.2, 0.25) is 0 Å². The number of aromatic nitrogens is 1. The first-order valence-electron chi connectivity index (χ1n) is 10.3. The molecule has 0 bridgehead atoms. The van der Waals surface area contributed by atoms with Crippen molar-refractivity contribution in [1.29, 1.82) is 0 Å². The zero-order chi connectivity index (χ0) is 20.9. The van der Waals surface area contributed by atoms with Gasteiger partial charge in [0, 0.05) is 48.4 Å². The summed E-state index contributed by atoms with van der Waals surface area (Å²) in [7, 11) is 0. The molecule has 6 heteroatoms. The van der Waals surface area contributed by atoms with Gasteiger partial charge in [0.2, 0.25) is 0 Å². The number of aliphatic hydroxyl groups is 1. The predicted molar refractivity (Wildman–Crippen MR) is 116 cm³/mol. The second kappa shape index (κ2) is 9.32. The Morgan fingerprint density at radius 1 is 1.13 bits per heavy atom. The normalized spacial score (nSPS) is 15.4. The second-order valence-corrected chi connectivity index (χ2v) is 7.86. The first kappa shape index (κ1) is 20.4. The molecule has 1 aliphatic heterocycles. The lowest BCUT2D eigenvalue weighted by Crippen LogP contribution is -2.41. The van der Waals surface area contributed by atoms with Crippen LogP contribution in [0.15, 0.2) is 54.7 Å². The Balaban J connectivity index is 1.30. The number of benzene rings is 2. The van der Waals surface area contributed by atoms with Crippen molar-refractivity contribution in [3.8, 4) is 0 Å². The number of hydrogen-bond acceptors (Lipinski definition) is 5. The van der Waals surface area contributed by atoms with E-state index in [-0.39, 0.29) is 24.2 Å². The summed E-state index contributed by atoms with van der Waals surface area (Å²) in [6.45, 7) is 1.89. The molecule has 0 aliphatic carbocycles. The number of hydrogen-bond donors (Lipinski definition) is 2. The molecule has 2 heterocycles. The molecular weight excluding hydrogens is 381 g/mol. The first-order valence-corrected chi connectivity index (χ1v) is 10.3. The van der Waals surface area contributed by atoms with Crippen LogP contribution in [-0.4, -0.2) is 46.4 Å². The van der Waals surface area contributed by atoms with E-state index in [1.165, 1.54) is 12.1 Å². The van der Waals surface area contributed by atoms with Crippen LogP contribution in [0.3, 0.4) is 0 Å². The molecule has 0 saturated carbocycles. The van der Waals surface area contributed by atoms with Gasteiger partial charge in [-0.3, -0.25) is 14.7 Å². The van der Waals surface area contributed by atoms with E-state index in [0.717, 1.165) is 48.1 Å². The van der Waals surface area contributed by atoms with Crippen LogP contribution < -0.4 is 5.32 Å². The smallest absolute Gasteiger partial charge is 0.151 e. The summed E-state index contributed by atoms with van der Waals surface area (Å²) in [5, 5.41) is 13.9. The molecular formula is C24H26FN3O2. The van der Waals surface area contributed by atoms with Crippen LogP contribution in [0.4, 0.5) is 10.1 Å². The van der Waals surface area contributed by atoms with Crippen LogP contribution in [0.5, 0.6) is 0 Å². The molecule has 1 fully saturated rings. The van der Waals surface area contributed by atoms with Gasteiger partial charge in [0.05, 0.1) is 18.7 Å². The lowest BCUT2D eigenvalue weighted by molar-refractivity contribution is -0.119. The number of nitrogens with one attached hydrogen (secondary N) is 1. The molecule has 0 unspecified atom stereocenters. The number of Topliss-reactive ketones (excluding diaryl/α,β-unsaturated/α-hetero) is 1. The molecule has 2 aromatic carbocycles. The average molecular weight is 407 g/mol. The number of carbonyl (C=O) groups is 1. The lowest BCUT2D eigenvalue weighted by Gasteiger charge is -2.32. The largest absolute Gasteiger partial charge is 0.392 e. The number of fused-ring (bicyclic) bond motifs is 1. The number of pyridine rings is 1. The number of nitrogens with zero attached hydrogens (tertiary/aromatic N) is 2. The molecule has 0 radical (unpaired) electrons. The van der Waals surface area contributed by atoms with Crippen LogP contribution in [0, 0.1) is 5.82 Å². The minimum Gasteiger partial charge on any atom is -0.392 e. The maximum Gasteiger partial charge on any atom is 0.151 e. The Morgan fingerprint density at radius 3 is 2.73 bits per heavy atom. The maximum atomic E-state index is 13.3. The average Bonchev–Trinajstić information content (AvgIpc) is 2.76. The van der Waals surface area contributed by atoms with Crippen molar-refractivity contribution in [2.45, 2.75) is 31.9 Å². The Bertz CT molecular complexity index is 1030. The third kappa shape index (κ3) is 4.83. The van der Waals surface area contributed by atoms with E-state index < -0.39 is 0 Å². The van der Waals surface area contributed by atoms with Crippen molar-refractivity contribution < 1.29 is 14.3 Å². The van der Waals surface area contributed by atoms with E-state index in [1.54, 1.807) is 12.3 Å². The zero-order valence-corrected chi connectivity index (χ0v) is 16.9.